The zero-order chi connectivity index (χ0) is 22.5. The van der Waals surface area contributed by atoms with Crippen molar-refractivity contribution in [1.29, 1.82) is 0 Å². The summed E-state index contributed by atoms with van der Waals surface area (Å²) >= 11 is 0. The maximum absolute atomic E-state index is 12.3. The fraction of sp³-hybridized carbons (Fsp3) is 0.318. The van der Waals surface area contributed by atoms with Gasteiger partial charge in [0.1, 0.15) is 0 Å². The van der Waals surface area contributed by atoms with Gasteiger partial charge in [0.15, 0.2) is 5.82 Å². The number of nitrogens with zero attached hydrogens (tertiary/aromatic N) is 5. The van der Waals surface area contributed by atoms with Gasteiger partial charge in [0, 0.05) is 44.5 Å². The van der Waals surface area contributed by atoms with Gasteiger partial charge in [-0.3, -0.25) is 9.59 Å². The fourth-order valence-electron chi connectivity index (χ4n) is 3.56. The normalized spacial score (nSPS) is 13.4. The predicted octanol–water partition coefficient (Wildman–Crippen LogP) is 1.79. The minimum atomic E-state index is -0.244. The Morgan fingerprint density at radius 1 is 1.25 bits per heavy atom. The van der Waals surface area contributed by atoms with Gasteiger partial charge in [-0.2, -0.15) is 9.78 Å². The van der Waals surface area contributed by atoms with Gasteiger partial charge in [0.25, 0.3) is 5.91 Å². The largest absolute Gasteiger partial charge is 0.493 e. The highest BCUT2D eigenvalue weighted by molar-refractivity contribution is 5.93. The molecule has 0 atom stereocenters. The molecule has 32 heavy (non-hydrogen) atoms. The molecular weight excluding hydrogens is 412 g/mol. The van der Waals surface area contributed by atoms with E-state index in [0.29, 0.717) is 54.3 Å². The van der Waals surface area contributed by atoms with Crippen LogP contribution in [0.1, 0.15) is 29.6 Å². The molecule has 1 aliphatic heterocycles. The third-order valence-electron chi connectivity index (χ3n) is 5.29. The number of methoxy groups -OCH3 is 1. The van der Waals surface area contributed by atoms with Crippen molar-refractivity contribution < 1.29 is 19.4 Å². The van der Waals surface area contributed by atoms with E-state index in [-0.39, 0.29) is 17.7 Å². The molecule has 166 valence electrons. The van der Waals surface area contributed by atoms with Crippen LogP contribution in [0.4, 0.5) is 0 Å². The van der Waals surface area contributed by atoms with E-state index >= 15 is 0 Å². The summed E-state index contributed by atoms with van der Waals surface area (Å²) in [5, 5.41) is 17.7. The van der Waals surface area contributed by atoms with Gasteiger partial charge in [-0.1, -0.05) is 0 Å². The number of aromatic nitrogens is 4. The van der Waals surface area contributed by atoms with E-state index in [0.717, 1.165) is 13.0 Å². The average Bonchev–Trinajstić information content (AvgIpc) is 3.41. The second kappa shape index (κ2) is 9.46. The van der Waals surface area contributed by atoms with Gasteiger partial charge in [0.05, 0.1) is 24.4 Å². The van der Waals surface area contributed by atoms with E-state index in [1.807, 2.05) is 4.90 Å². The Morgan fingerprint density at radius 3 is 2.84 bits per heavy atom. The van der Waals surface area contributed by atoms with Crippen LogP contribution in [0.15, 0.2) is 42.9 Å². The van der Waals surface area contributed by atoms with Crippen LogP contribution in [0.2, 0.25) is 0 Å². The summed E-state index contributed by atoms with van der Waals surface area (Å²) in [6.07, 6.45) is 6.77. The predicted molar refractivity (Wildman–Crippen MR) is 116 cm³/mol. The number of aromatic hydroxyl groups is 1. The molecule has 0 aliphatic carbocycles. The second-order valence-corrected chi connectivity index (χ2v) is 7.38. The van der Waals surface area contributed by atoms with Gasteiger partial charge < -0.3 is 20.1 Å². The van der Waals surface area contributed by atoms with Gasteiger partial charge in [-0.15, -0.1) is 0 Å². The molecular formula is C22H24N6O4. The Kier molecular flexibility index (Phi) is 6.29. The zero-order valence-electron chi connectivity index (χ0n) is 17.7. The minimum Gasteiger partial charge on any atom is -0.493 e. The molecule has 0 saturated carbocycles. The topological polar surface area (TPSA) is 122 Å². The number of carbonyl (C=O) groups excluding carboxylic acids is 2. The summed E-state index contributed by atoms with van der Waals surface area (Å²) in [7, 11) is 1.52. The highest BCUT2D eigenvalue weighted by atomic mass is 16.5. The smallest absolute Gasteiger partial charge is 0.252 e. The molecule has 0 spiro atoms. The lowest BCUT2D eigenvalue weighted by atomic mass is 10.1. The van der Waals surface area contributed by atoms with Crippen LogP contribution in [-0.4, -0.2) is 68.3 Å². The number of nitrogens with one attached hydrogen (secondary N) is 1. The summed E-state index contributed by atoms with van der Waals surface area (Å²) in [5.41, 5.74) is 1.61. The molecule has 1 saturated heterocycles. The second-order valence-electron chi connectivity index (χ2n) is 7.38. The van der Waals surface area contributed by atoms with Gasteiger partial charge in [-0.25, -0.2) is 9.97 Å². The van der Waals surface area contributed by atoms with Crippen LogP contribution >= 0.6 is 0 Å². The zero-order valence-corrected chi connectivity index (χ0v) is 17.7. The summed E-state index contributed by atoms with van der Waals surface area (Å²) in [6, 6.07) is 6.67. The first-order valence-electron chi connectivity index (χ1n) is 10.4. The van der Waals surface area contributed by atoms with Crippen molar-refractivity contribution in [2.75, 3.05) is 26.7 Å². The van der Waals surface area contributed by atoms with E-state index in [9.17, 15) is 14.7 Å². The monoisotopic (exact) mass is 436 g/mol. The van der Waals surface area contributed by atoms with Crippen molar-refractivity contribution in [1.82, 2.24) is 30.0 Å². The van der Waals surface area contributed by atoms with Crippen LogP contribution in [0.25, 0.3) is 16.9 Å². The van der Waals surface area contributed by atoms with Gasteiger partial charge in [0.2, 0.25) is 17.7 Å². The lowest BCUT2D eigenvalue weighted by molar-refractivity contribution is -0.127. The number of rotatable bonds is 8. The average molecular weight is 436 g/mol. The van der Waals surface area contributed by atoms with Crippen LogP contribution in [0.5, 0.6) is 11.8 Å². The molecule has 1 aliphatic rings. The molecule has 0 bridgehead atoms. The maximum Gasteiger partial charge on any atom is 0.252 e. The molecule has 3 aromatic heterocycles. The van der Waals surface area contributed by atoms with Crippen LogP contribution < -0.4 is 10.1 Å². The first kappa shape index (κ1) is 21.3. The van der Waals surface area contributed by atoms with Crippen molar-refractivity contribution >= 4 is 11.8 Å². The number of hydrogen-bond acceptors (Lipinski definition) is 7. The lowest BCUT2D eigenvalue weighted by Gasteiger charge is -2.15. The standard InChI is InChI=1S/C22H24N6O4/c1-32-19-12-15(7-9-23-19)17-14-26-28(22(17)31)18-6-5-16(13-25-18)21(30)24-8-3-11-27-10-2-4-20(27)29/h5-7,9,12-14,31H,2-4,8,10-11H2,1H3,(H,24,30). The fourth-order valence-corrected chi connectivity index (χ4v) is 3.56. The Hall–Kier alpha value is -3.95. The van der Waals surface area contributed by atoms with Crippen molar-refractivity contribution in [2.24, 2.45) is 0 Å². The number of amides is 2. The van der Waals surface area contributed by atoms with Crippen molar-refractivity contribution in [3.8, 4) is 28.7 Å². The van der Waals surface area contributed by atoms with Crippen molar-refractivity contribution in [3.63, 3.8) is 0 Å². The molecule has 2 amide bonds. The Morgan fingerprint density at radius 2 is 2.12 bits per heavy atom. The molecule has 1 fully saturated rings. The molecule has 0 unspecified atom stereocenters. The Labute approximate surface area is 184 Å². The summed E-state index contributed by atoms with van der Waals surface area (Å²) in [6.45, 7) is 1.93. The quantitative estimate of drug-likeness (QED) is 0.516. The number of likely N-dealkylation sites (tertiary alicyclic amines) is 1. The van der Waals surface area contributed by atoms with Gasteiger partial charge >= 0.3 is 0 Å². The van der Waals surface area contributed by atoms with E-state index in [1.54, 1.807) is 30.5 Å². The van der Waals surface area contributed by atoms with Crippen molar-refractivity contribution in [2.45, 2.75) is 19.3 Å². The Bertz CT molecular complexity index is 1110. The van der Waals surface area contributed by atoms with E-state index < -0.39 is 0 Å². The van der Waals surface area contributed by atoms with Crippen molar-refractivity contribution in [3.05, 3.63) is 48.4 Å². The summed E-state index contributed by atoms with van der Waals surface area (Å²) < 4.78 is 6.41. The maximum atomic E-state index is 12.3. The molecule has 10 heteroatoms. The first-order chi connectivity index (χ1) is 15.6. The first-order valence-corrected chi connectivity index (χ1v) is 10.4. The SMILES string of the molecule is COc1cc(-c2cnn(-c3ccc(C(=O)NCCCN4CCCC4=O)cn3)c2O)ccn1. The van der Waals surface area contributed by atoms with Gasteiger partial charge in [-0.05, 0) is 36.6 Å². The molecule has 3 aromatic rings. The highest BCUT2D eigenvalue weighted by Gasteiger charge is 2.19. The highest BCUT2D eigenvalue weighted by Crippen LogP contribution is 2.31. The third kappa shape index (κ3) is 4.53. The molecule has 4 rings (SSSR count). The molecule has 10 nitrogen and oxygen atoms in total. The van der Waals surface area contributed by atoms with E-state index in [1.165, 1.54) is 24.2 Å². The molecule has 0 radical (unpaired) electrons. The Balaban J connectivity index is 1.37. The van der Waals surface area contributed by atoms with Crippen LogP contribution in [-0.2, 0) is 4.79 Å². The summed E-state index contributed by atoms with van der Waals surface area (Å²) in [4.78, 5) is 34.1. The van der Waals surface area contributed by atoms with E-state index in [4.69, 9.17) is 4.74 Å². The van der Waals surface area contributed by atoms with E-state index in [2.05, 4.69) is 20.4 Å². The van der Waals surface area contributed by atoms with Crippen LogP contribution in [0.3, 0.4) is 0 Å². The number of hydrogen-bond donors (Lipinski definition) is 2. The minimum absolute atomic E-state index is 0.0839. The lowest BCUT2D eigenvalue weighted by Crippen LogP contribution is -2.30. The van der Waals surface area contributed by atoms with Crippen LogP contribution in [0, 0.1) is 0 Å². The molecule has 0 aromatic carbocycles. The molecule has 4 heterocycles. The number of pyridine rings is 2. The number of ether oxygens (including phenoxy) is 1. The molecule has 2 N–H and O–H groups in total. The third-order valence-corrected chi connectivity index (χ3v) is 5.29. The summed E-state index contributed by atoms with van der Waals surface area (Å²) in [5.74, 6) is 0.656. The number of carbonyl (C=O) groups is 2.